The van der Waals surface area contributed by atoms with E-state index in [4.69, 9.17) is 5.11 Å². The number of hydrogen-bond donors (Lipinski definition) is 1. The number of rotatable bonds is 5. The standard InChI is InChI=1S/C10H18N2O3/c1-11(2)5-3-6-12-7-4-8(9(12)13)10(14)15/h8H,3-7H2,1-2H3,(H,14,15). The van der Waals surface area contributed by atoms with Crippen LogP contribution in [0.15, 0.2) is 0 Å². The molecule has 1 fully saturated rings. The zero-order valence-corrected chi connectivity index (χ0v) is 9.27. The molecule has 1 unspecified atom stereocenters. The van der Waals surface area contributed by atoms with E-state index in [1.54, 1.807) is 4.90 Å². The van der Waals surface area contributed by atoms with Gasteiger partial charge in [0.05, 0.1) is 0 Å². The second-order valence-corrected chi connectivity index (χ2v) is 4.16. The van der Waals surface area contributed by atoms with Gasteiger partial charge >= 0.3 is 5.97 Å². The Morgan fingerprint density at radius 3 is 2.73 bits per heavy atom. The molecule has 0 aromatic carbocycles. The summed E-state index contributed by atoms with van der Waals surface area (Å²) in [6.45, 7) is 2.17. The Bertz CT molecular complexity index is 253. The van der Waals surface area contributed by atoms with Crippen molar-refractivity contribution in [2.45, 2.75) is 12.8 Å². The van der Waals surface area contributed by atoms with Gasteiger partial charge in [-0.15, -0.1) is 0 Å². The molecule has 0 aromatic heterocycles. The van der Waals surface area contributed by atoms with Gasteiger partial charge in [0.25, 0.3) is 0 Å². The van der Waals surface area contributed by atoms with Crippen molar-refractivity contribution in [3.63, 3.8) is 0 Å². The van der Waals surface area contributed by atoms with Crippen molar-refractivity contribution in [1.82, 2.24) is 9.80 Å². The summed E-state index contributed by atoms with van der Waals surface area (Å²) in [5.74, 6) is -2.01. The van der Waals surface area contributed by atoms with E-state index in [0.717, 1.165) is 13.0 Å². The molecule has 0 bridgehead atoms. The summed E-state index contributed by atoms with van der Waals surface area (Å²) in [6, 6.07) is 0. The molecular formula is C10H18N2O3. The van der Waals surface area contributed by atoms with Crippen molar-refractivity contribution in [1.29, 1.82) is 0 Å². The number of aliphatic carboxylic acids is 1. The lowest BCUT2D eigenvalue weighted by Gasteiger charge is -2.17. The molecule has 5 heteroatoms. The average Bonchev–Trinajstić information content (AvgIpc) is 2.47. The number of likely N-dealkylation sites (tertiary alicyclic amines) is 1. The monoisotopic (exact) mass is 214 g/mol. The van der Waals surface area contributed by atoms with Gasteiger partial charge in [-0.3, -0.25) is 9.59 Å². The number of carbonyl (C=O) groups excluding carboxylic acids is 1. The van der Waals surface area contributed by atoms with E-state index in [0.29, 0.717) is 19.5 Å². The lowest BCUT2D eigenvalue weighted by Crippen LogP contribution is -2.32. The summed E-state index contributed by atoms with van der Waals surface area (Å²) in [4.78, 5) is 25.9. The fraction of sp³-hybridized carbons (Fsp3) is 0.800. The van der Waals surface area contributed by atoms with Crippen molar-refractivity contribution in [2.75, 3.05) is 33.7 Å². The molecule has 15 heavy (non-hydrogen) atoms. The summed E-state index contributed by atoms with van der Waals surface area (Å²) >= 11 is 0. The molecule has 1 saturated heterocycles. The third kappa shape index (κ3) is 3.20. The number of carbonyl (C=O) groups is 2. The van der Waals surface area contributed by atoms with E-state index in [1.165, 1.54) is 0 Å². The second kappa shape index (κ2) is 5.11. The zero-order valence-electron chi connectivity index (χ0n) is 9.27. The van der Waals surface area contributed by atoms with Gasteiger partial charge in [0.2, 0.25) is 5.91 Å². The highest BCUT2D eigenvalue weighted by Crippen LogP contribution is 2.18. The van der Waals surface area contributed by atoms with Gasteiger partial charge in [-0.1, -0.05) is 0 Å². The van der Waals surface area contributed by atoms with Gasteiger partial charge in [-0.05, 0) is 33.5 Å². The molecular weight excluding hydrogens is 196 g/mol. The molecule has 1 N–H and O–H groups in total. The molecule has 0 aromatic rings. The van der Waals surface area contributed by atoms with Crippen LogP contribution in [0.4, 0.5) is 0 Å². The molecule has 0 radical (unpaired) electrons. The van der Waals surface area contributed by atoms with Crippen molar-refractivity contribution < 1.29 is 14.7 Å². The molecule has 5 nitrogen and oxygen atoms in total. The minimum Gasteiger partial charge on any atom is -0.481 e. The largest absolute Gasteiger partial charge is 0.481 e. The molecule has 1 rings (SSSR count). The first-order valence-electron chi connectivity index (χ1n) is 5.18. The third-order valence-corrected chi connectivity index (χ3v) is 2.63. The molecule has 1 aliphatic rings. The number of hydrogen-bond acceptors (Lipinski definition) is 3. The van der Waals surface area contributed by atoms with Crippen LogP contribution in [-0.4, -0.2) is 60.5 Å². The summed E-state index contributed by atoms with van der Waals surface area (Å²) < 4.78 is 0. The fourth-order valence-electron chi connectivity index (χ4n) is 1.77. The first-order chi connectivity index (χ1) is 7.02. The van der Waals surface area contributed by atoms with Crippen LogP contribution >= 0.6 is 0 Å². The summed E-state index contributed by atoms with van der Waals surface area (Å²) in [5, 5.41) is 8.76. The minimum absolute atomic E-state index is 0.221. The van der Waals surface area contributed by atoms with Crippen molar-refractivity contribution in [2.24, 2.45) is 5.92 Å². The summed E-state index contributed by atoms with van der Waals surface area (Å²) in [6.07, 6.45) is 1.35. The molecule has 1 amide bonds. The Kier molecular flexibility index (Phi) is 4.08. The normalized spacial score (nSPS) is 21.4. The Morgan fingerprint density at radius 2 is 2.27 bits per heavy atom. The summed E-state index contributed by atoms with van der Waals surface area (Å²) in [7, 11) is 3.96. The summed E-state index contributed by atoms with van der Waals surface area (Å²) in [5.41, 5.74) is 0. The van der Waals surface area contributed by atoms with Gasteiger partial charge in [0.15, 0.2) is 0 Å². The van der Waals surface area contributed by atoms with Crippen molar-refractivity contribution in [3.8, 4) is 0 Å². The fourth-order valence-corrected chi connectivity index (χ4v) is 1.77. The molecule has 0 spiro atoms. The van der Waals surface area contributed by atoms with Gasteiger partial charge < -0.3 is 14.9 Å². The smallest absolute Gasteiger partial charge is 0.316 e. The molecule has 0 saturated carbocycles. The first-order valence-corrected chi connectivity index (χ1v) is 5.18. The lowest BCUT2D eigenvalue weighted by molar-refractivity contribution is -0.147. The lowest BCUT2D eigenvalue weighted by atomic mass is 10.1. The topological polar surface area (TPSA) is 60.9 Å². The van der Waals surface area contributed by atoms with Crippen LogP contribution in [0.2, 0.25) is 0 Å². The molecule has 1 atom stereocenters. The maximum Gasteiger partial charge on any atom is 0.316 e. The molecule has 1 aliphatic heterocycles. The average molecular weight is 214 g/mol. The predicted molar refractivity (Wildman–Crippen MR) is 55.5 cm³/mol. The Balaban J connectivity index is 2.33. The number of carboxylic acid groups (broad SMARTS) is 1. The first kappa shape index (κ1) is 12.0. The van der Waals surface area contributed by atoms with Crippen molar-refractivity contribution in [3.05, 3.63) is 0 Å². The minimum atomic E-state index is -0.991. The van der Waals surface area contributed by atoms with E-state index < -0.39 is 11.9 Å². The van der Waals surface area contributed by atoms with Crippen LogP contribution in [0.1, 0.15) is 12.8 Å². The van der Waals surface area contributed by atoms with E-state index >= 15 is 0 Å². The maximum atomic E-state index is 11.6. The highest BCUT2D eigenvalue weighted by Gasteiger charge is 2.36. The molecule has 0 aliphatic carbocycles. The Hall–Kier alpha value is -1.10. The van der Waals surface area contributed by atoms with E-state index in [-0.39, 0.29) is 5.91 Å². The maximum absolute atomic E-state index is 11.6. The molecule has 1 heterocycles. The van der Waals surface area contributed by atoms with E-state index in [2.05, 4.69) is 4.90 Å². The van der Waals surface area contributed by atoms with Crippen LogP contribution in [0.25, 0.3) is 0 Å². The highest BCUT2D eigenvalue weighted by molar-refractivity contribution is 5.98. The number of carboxylic acids is 1. The number of nitrogens with zero attached hydrogens (tertiary/aromatic N) is 2. The van der Waals surface area contributed by atoms with Crippen LogP contribution < -0.4 is 0 Å². The van der Waals surface area contributed by atoms with Crippen LogP contribution in [-0.2, 0) is 9.59 Å². The highest BCUT2D eigenvalue weighted by atomic mass is 16.4. The predicted octanol–water partition coefficient (Wildman–Crippen LogP) is -0.129. The van der Waals surface area contributed by atoms with Gasteiger partial charge in [-0.25, -0.2) is 0 Å². The second-order valence-electron chi connectivity index (χ2n) is 4.16. The van der Waals surface area contributed by atoms with Crippen LogP contribution in [0.5, 0.6) is 0 Å². The van der Waals surface area contributed by atoms with E-state index in [1.807, 2.05) is 14.1 Å². The van der Waals surface area contributed by atoms with Gasteiger partial charge in [0.1, 0.15) is 5.92 Å². The number of amides is 1. The van der Waals surface area contributed by atoms with Gasteiger partial charge in [-0.2, -0.15) is 0 Å². The quantitative estimate of drug-likeness (QED) is 0.648. The van der Waals surface area contributed by atoms with E-state index in [9.17, 15) is 9.59 Å². The third-order valence-electron chi connectivity index (χ3n) is 2.63. The van der Waals surface area contributed by atoms with Gasteiger partial charge in [0, 0.05) is 13.1 Å². The van der Waals surface area contributed by atoms with Crippen molar-refractivity contribution >= 4 is 11.9 Å². The Labute approximate surface area is 89.7 Å². The molecule has 86 valence electrons. The Morgan fingerprint density at radius 1 is 1.60 bits per heavy atom. The SMILES string of the molecule is CN(C)CCCN1CCC(C(=O)O)C1=O. The van der Waals surface area contributed by atoms with Crippen LogP contribution in [0.3, 0.4) is 0 Å². The van der Waals surface area contributed by atoms with Crippen LogP contribution in [0, 0.1) is 5.92 Å². The zero-order chi connectivity index (χ0) is 11.4.